The van der Waals surface area contributed by atoms with Gasteiger partial charge >= 0.3 is 29.8 Å². The molecule has 2 aliphatic carbocycles. The number of para-hydroxylation sites is 1. The molecule has 9 heterocycles. The number of rotatable bonds is 17. The number of aromatic amines is 1. The van der Waals surface area contributed by atoms with E-state index in [-0.39, 0.29) is 50.8 Å². The van der Waals surface area contributed by atoms with Crippen molar-refractivity contribution in [2.24, 2.45) is 16.7 Å². The first-order chi connectivity index (χ1) is 56.5. The number of aliphatic hydroxyl groups is 2. The molecule has 3 unspecified atom stereocenters. The predicted molar refractivity (Wildman–Crippen MR) is 455 cm³/mol. The van der Waals surface area contributed by atoms with E-state index in [0.717, 1.165) is 120 Å². The molecule has 20 nitrogen and oxygen atoms in total. The van der Waals surface area contributed by atoms with Gasteiger partial charge in [-0.2, -0.15) is 0 Å². The van der Waals surface area contributed by atoms with Crippen LogP contribution < -0.4 is 19.3 Å². The van der Waals surface area contributed by atoms with Crippen molar-refractivity contribution in [3.05, 3.63) is 190 Å². The van der Waals surface area contributed by atoms with E-state index >= 15 is 4.79 Å². The van der Waals surface area contributed by atoms with Gasteiger partial charge in [-0.05, 0) is 171 Å². The molecule has 616 valence electrons. The number of benzene rings is 5. The van der Waals surface area contributed by atoms with Gasteiger partial charge < -0.3 is 58.2 Å². The van der Waals surface area contributed by atoms with E-state index in [2.05, 4.69) is 170 Å². The maximum absolute atomic E-state index is 15.4. The molecular weight excluding hydrogens is 1490 g/mol. The molecule has 118 heavy (non-hydrogen) atoms. The molecule has 16 rings (SSSR count). The summed E-state index contributed by atoms with van der Waals surface area (Å²) >= 11 is 0. The van der Waals surface area contributed by atoms with Crippen LogP contribution in [0.5, 0.6) is 11.5 Å². The lowest BCUT2D eigenvalue weighted by molar-refractivity contribution is -0.232. The highest BCUT2D eigenvalue weighted by Crippen LogP contribution is 2.70. The van der Waals surface area contributed by atoms with Gasteiger partial charge in [0.05, 0.1) is 46.3 Å². The second-order valence-electron chi connectivity index (χ2n) is 32.7. The zero-order valence-corrected chi connectivity index (χ0v) is 69.2. The number of methoxy groups -OCH3 is 3. The number of esters is 5. The van der Waals surface area contributed by atoms with Crippen LogP contribution in [-0.4, -0.2) is 202 Å². The fourth-order valence-corrected chi connectivity index (χ4v) is 22.9. The Morgan fingerprint density at radius 3 is 1.58 bits per heavy atom. The van der Waals surface area contributed by atoms with Crippen LogP contribution in [0.1, 0.15) is 133 Å². The molecule has 2 saturated carbocycles. The van der Waals surface area contributed by atoms with Gasteiger partial charge in [0.2, 0.25) is 0 Å². The fourth-order valence-electron chi connectivity index (χ4n) is 22.9. The minimum atomic E-state index is -1.89. The second kappa shape index (κ2) is 34.5. The third kappa shape index (κ3) is 14.3. The summed E-state index contributed by atoms with van der Waals surface area (Å²) in [6.07, 6.45) is 13.8. The summed E-state index contributed by atoms with van der Waals surface area (Å²) in [5.74, 6) is 24.6. The highest BCUT2D eigenvalue weighted by molar-refractivity contribution is 5.95. The molecule has 3 N–H and O–H groups in total. The van der Waals surface area contributed by atoms with Crippen molar-refractivity contribution in [2.45, 2.75) is 178 Å². The lowest BCUT2D eigenvalue weighted by Gasteiger charge is -2.64. The lowest BCUT2D eigenvalue weighted by Crippen LogP contribution is -2.80. The number of carbonyl (C=O) groups excluding carboxylic acids is 5. The van der Waals surface area contributed by atoms with Gasteiger partial charge in [-0.25, -0.2) is 0 Å². The van der Waals surface area contributed by atoms with Crippen molar-refractivity contribution >= 4 is 52.1 Å². The van der Waals surface area contributed by atoms with Crippen LogP contribution in [-0.2, 0) is 83.2 Å². The molecular formula is C98H110N6O14. The zero-order valence-electron chi connectivity index (χ0n) is 69.2. The second-order valence-corrected chi connectivity index (χ2v) is 32.7. The Labute approximate surface area is 695 Å². The summed E-state index contributed by atoms with van der Waals surface area (Å²) in [5.41, 5.74) is 2.76. The summed E-state index contributed by atoms with van der Waals surface area (Å²) in [4.78, 5) is 83.8. The van der Waals surface area contributed by atoms with E-state index < -0.39 is 93.1 Å². The van der Waals surface area contributed by atoms with Gasteiger partial charge in [-0.15, -0.1) is 0 Å². The van der Waals surface area contributed by atoms with Gasteiger partial charge in [0, 0.05) is 140 Å². The molecule has 6 aromatic rings. The molecule has 5 aromatic carbocycles. The molecule has 2 bridgehead atoms. The normalized spacial score (nSPS) is 29.5. The highest BCUT2D eigenvalue weighted by atomic mass is 16.6. The quantitative estimate of drug-likeness (QED) is 0.0334. The van der Waals surface area contributed by atoms with Crippen LogP contribution in [0.4, 0.5) is 11.4 Å². The Kier molecular flexibility index (Phi) is 24.8. The first-order valence-corrected chi connectivity index (χ1v) is 40.8. The van der Waals surface area contributed by atoms with Crippen molar-refractivity contribution in [3.8, 4) is 70.7 Å². The summed E-state index contributed by atoms with van der Waals surface area (Å²) in [6.45, 7) is 17.5. The molecule has 4 fully saturated rings. The number of hydrogen-bond donors (Lipinski definition) is 3. The Balaban J connectivity index is 0.000000193. The standard InChI is InChI=1S/C53H62N4O8.C32H38N2O6.C12H6.CH4/c1-7-34-25-36-29-52(49(60)63-6,45-38(19-23-56(30-34)31-36)37-17-12-13-18-41(37)54-45)40-27-39-42(28-43(40)62-5)55(4)47-51(39)21-24-57-22-14-20-50(8-2,46(51)57)48(65-33(3)58)53(47,61)32-64-44(59)26-35-15-10-9-11-16-35;1-5-30-14-9-16-34-17-15-31(27(30)34)24-13-12-23(38-4)19-25(24)33(3)28(31)32(37,29(30)40-21(2)35)20-39-26(36)18-22-10-7-6-8-11-22;1-3-5-7-9-11-12-10-8-6-4-2;/h9-18,20,25,27-28,36,46-48,54,61H,7-8,19,21-24,26,29-32H2,1-6H3;6-14,19,27-29,37H,5,15-18,20H2,1-4H3;1-2H3;1H4/t36-,46?,47+,48+,50+,51+,52-,53-;27?,28-,29-,30-,31-,32+;;/m01../s1. The molecule has 20 heteroatoms. The number of nitrogens with one attached hydrogen (secondary N) is 1. The molecule has 0 amide bonds. The highest BCUT2D eigenvalue weighted by Gasteiger charge is 2.80. The first kappa shape index (κ1) is 84.9. The van der Waals surface area contributed by atoms with Gasteiger partial charge in [-0.1, -0.05) is 161 Å². The number of H-pyrrole nitrogens is 1. The Morgan fingerprint density at radius 2 is 1.09 bits per heavy atom. The van der Waals surface area contributed by atoms with Crippen LogP contribution >= 0.6 is 0 Å². The van der Waals surface area contributed by atoms with Gasteiger partial charge in [0.1, 0.15) is 42.3 Å². The number of ether oxygens (including phenoxy) is 7. The van der Waals surface area contributed by atoms with Crippen LogP contribution in [0.25, 0.3) is 10.9 Å². The molecule has 0 radical (unpaired) electrons. The SMILES string of the molecule is C.CC#CC#CC#CC#CC#CC.CCC1=C[C@@H]2CN(CCc3c([nH]c4ccccc34)[C@@](C(=O)OC)(c3cc4c(cc3OC)N(C)[C@H]3[C@@](O)(COC(=O)Cc5ccccc5)[C@H](OC(C)=O)[C@]5(CC)C=CCN6CC[C@]43C65)C2)C1.CC[C@]12C=CCN3CC[C@@]4(c5ccc(OC)cc5N(C)[C@H]4[C@@](O)(COC(=O)Cc4ccccc4)[C@@H]1OC(C)=O)C32. The third-order valence-corrected chi connectivity index (χ3v) is 26.9. The average molecular weight is 1600 g/mol. The van der Waals surface area contributed by atoms with Crippen molar-refractivity contribution in [1.29, 1.82) is 0 Å². The molecule has 8 aliphatic heterocycles. The van der Waals surface area contributed by atoms with Gasteiger partial charge in [0.15, 0.2) is 11.2 Å². The van der Waals surface area contributed by atoms with E-state index in [4.69, 9.17) is 33.2 Å². The fraction of sp³-hybridized carbons (Fsp3) is 0.459. The summed E-state index contributed by atoms with van der Waals surface area (Å²) < 4.78 is 42.7. The molecule has 1 aromatic heterocycles. The van der Waals surface area contributed by atoms with Crippen molar-refractivity contribution in [1.82, 2.24) is 19.7 Å². The van der Waals surface area contributed by atoms with E-state index in [1.807, 2.05) is 99.0 Å². The van der Waals surface area contributed by atoms with Crippen LogP contribution in [0.2, 0.25) is 0 Å². The van der Waals surface area contributed by atoms with E-state index in [1.165, 1.54) is 26.5 Å². The summed E-state index contributed by atoms with van der Waals surface area (Å²) in [5, 5.41) is 28.0. The summed E-state index contributed by atoms with van der Waals surface area (Å²) in [6, 6.07) is 36.0. The van der Waals surface area contributed by atoms with Gasteiger partial charge in [0.25, 0.3) is 0 Å². The number of fused-ring (bicyclic) bond motifs is 7. The Morgan fingerprint density at radius 1 is 0.585 bits per heavy atom. The van der Waals surface area contributed by atoms with Crippen LogP contribution in [0, 0.1) is 76.0 Å². The number of carbonyl (C=O) groups is 5. The monoisotopic (exact) mass is 1590 g/mol. The number of aromatic nitrogens is 1. The smallest absolute Gasteiger partial charge is 0.322 e. The van der Waals surface area contributed by atoms with E-state index in [9.17, 15) is 29.4 Å². The van der Waals surface area contributed by atoms with Crippen molar-refractivity contribution in [3.63, 3.8) is 0 Å². The molecule has 2 spiro atoms. The largest absolute Gasteiger partial charge is 0.497 e. The van der Waals surface area contributed by atoms with E-state index in [0.29, 0.717) is 43.5 Å². The maximum atomic E-state index is 15.4. The lowest BCUT2D eigenvalue weighted by atomic mass is 9.47. The minimum Gasteiger partial charge on any atom is -0.497 e. The third-order valence-electron chi connectivity index (χ3n) is 26.9. The first-order valence-electron chi connectivity index (χ1n) is 40.8. The molecule has 10 aliphatic rings. The maximum Gasteiger partial charge on any atom is 0.322 e. The Hall–Kier alpha value is -11.0. The molecule has 2 saturated heterocycles. The zero-order chi connectivity index (χ0) is 82.8. The minimum absolute atomic E-state index is 0. The summed E-state index contributed by atoms with van der Waals surface area (Å²) in [7, 11) is 8.72. The predicted octanol–water partition coefficient (Wildman–Crippen LogP) is 11.3. The van der Waals surface area contributed by atoms with Crippen LogP contribution in [0.15, 0.2) is 151 Å². The number of hydrogen-bond acceptors (Lipinski definition) is 19. The number of nitrogens with zero attached hydrogens (tertiary/aromatic N) is 5. The molecule has 15 atom stereocenters. The number of likely N-dealkylation sites (N-methyl/N-ethyl adjacent to an activating group) is 2. The van der Waals surface area contributed by atoms with Gasteiger partial charge in [-0.3, -0.25) is 38.7 Å². The van der Waals surface area contributed by atoms with Crippen LogP contribution in [0.3, 0.4) is 0 Å². The Bertz CT molecular complexity index is 5240. The number of anilines is 2. The topological polar surface area (TPSA) is 222 Å². The van der Waals surface area contributed by atoms with E-state index in [1.54, 1.807) is 28.1 Å². The van der Waals surface area contributed by atoms with Crippen molar-refractivity contribution < 1.29 is 67.3 Å². The van der Waals surface area contributed by atoms with Crippen molar-refractivity contribution in [2.75, 3.05) is 104 Å². The average Bonchev–Trinajstić information content (AvgIpc) is 1.49.